The number of aryl methyl sites for hydroxylation is 1. The molecule has 2 aliphatic rings. The zero-order valence-corrected chi connectivity index (χ0v) is 13.2. The minimum absolute atomic E-state index is 0.0141. The maximum Gasteiger partial charge on any atom is 0.333 e. The Morgan fingerprint density at radius 1 is 0.957 bits per heavy atom. The summed E-state index contributed by atoms with van der Waals surface area (Å²) < 4.78 is 0. The van der Waals surface area contributed by atoms with Gasteiger partial charge >= 0.3 is 6.03 Å². The maximum atomic E-state index is 12.6. The first kappa shape index (κ1) is 15.7. The molecule has 0 aromatic heterocycles. The summed E-state index contributed by atoms with van der Waals surface area (Å²) in [7, 11) is 0. The van der Waals surface area contributed by atoms with E-state index in [9.17, 15) is 14.4 Å². The SMILES string of the molecule is O=C1CC(=O)N(C2CCCC2)C(=O)N1CCCc1ccccc1. The van der Waals surface area contributed by atoms with E-state index in [0.29, 0.717) is 13.0 Å². The molecule has 1 aromatic carbocycles. The molecule has 0 N–H and O–H groups in total. The van der Waals surface area contributed by atoms with Gasteiger partial charge in [-0.25, -0.2) is 4.79 Å². The maximum absolute atomic E-state index is 12.6. The average Bonchev–Trinajstić information content (AvgIpc) is 3.05. The van der Waals surface area contributed by atoms with Gasteiger partial charge in [0.15, 0.2) is 0 Å². The van der Waals surface area contributed by atoms with Gasteiger partial charge < -0.3 is 0 Å². The Morgan fingerprint density at radius 2 is 1.65 bits per heavy atom. The zero-order valence-electron chi connectivity index (χ0n) is 13.2. The molecule has 4 amide bonds. The number of urea groups is 1. The van der Waals surface area contributed by atoms with Gasteiger partial charge in [0.1, 0.15) is 6.42 Å². The van der Waals surface area contributed by atoms with E-state index in [2.05, 4.69) is 0 Å². The Bertz CT molecular complexity index is 594. The number of rotatable bonds is 5. The molecular weight excluding hydrogens is 292 g/mol. The highest BCUT2D eigenvalue weighted by atomic mass is 16.2. The van der Waals surface area contributed by atoms with Gasteiger partial charge in [0.25, 0.3) is 0 Å². The van der Waals surface area contributed by atoms with Crippen molar-refractivity contribution in [1.82, 2.24) is 9.80 Å². The summed E-state index contributed by atoms with van der Waals surface area (Å²) in [4.78, 5) is 39.4. The molecule has 1 aliphatic heterocycles. The Balaban J connectivity index is 1.62. The fourth-order valence-electron chi connectivity index (χ4n) is 3.48. The molecule has 1 heterocycles. The first-order valence-electron chi connectivity index (χ1n) is 8.37. The number of imide groups is 2. The van der Waals surface area contributed by atoms with Crippen molar-refractivity contribution < 1.29 is 14.4 Å². The molecule has 1 saturated carbocycles. The zero-order chi connectivity index (χ0) is 16.2. The fourth-order valence-corrected chi connectivity index (χ4v) is 3.48. The van der Waals surface area contributed by atoms with Gasteiger partial charge in [0, 0.05) is 12.6 Å². The lowest BCUT2D eigenvalue weighted by molar-refractivity contribution is -0.143. The van der Waals surface area contributed by atoms with Gasteiger partial charge in [-0.3, -0.25) is 19.4 Å². The van der Waals surface area contributed by atoms with E-state index in [1.807, 2.05) is 30.3 Å². The van der Waals surface area contributed by atoms with Crippen molar-refractivity contribution in [3.8, 4) is 0 Å². The van der Waals surface area contributed by atoms with Crippen LogP contribution in [0.25, 0.3) is 0 Å². The largest absolute Gasteiger partial charge is 0.333 e. The highest BCUT2D eigenvalue weighted by Gasteiger charge is 2.41. The van der Waals surface area contributed by atoms with Crippen LogP contribution in [0.4, 0.5) is 4.79 Å². The van der Waals surface area contributed by atoms with Crippen LogP contribution < -0.4 is 0 Å². The molecular formula is C18H22N2O3. The second kappa shape index (κ2) is 6.94. The summed E-state index contributed by atoms with van der Waals surface area (Å²) in [6.07, 6.45) is 5.18. The molecule has 122 valence electrons. The van der Waals surface area contributed by atoms with Gasteiger partial charge in [0.2, 0.25) is 11.8 Å². The fraction of sp³-hybridized carbons (Fsp3) is 0.500. The molecule has 5 heteroatoms. The van der Waals surface area contributed by atoms with Crippen molar-refractivity contribution in [3.63, 3.8) is 0 Å². The normalized spacial score (nSPS) is 19.7. The van der Waals surface area contributed by atoms with E-state index >= 15 is 0 Å². The number of benzene rings is 1. The second-order valence-corrected chi connectivity index (χ2v) is 6.30. The van der Waals surface area contributed by atoms with E-state index in [4.69, 9.17) is 0 Å². The van der Waals surface area contributed by atoms with Crippen LogP contribution in [0.3, 0.4) is 0 Å². The molecule has 0 atom stereocenters. The number of carbonyl (C=O) groups is 3. The summed E-state index contributed by atoms with van der Waals surface area (Å²) in [6, 6.07) is 9.57. The summed E-state index contributed by atoms with van der Waals surface area (Å²) >= 11 is 0. The number of hydrogen-bond acceptors (Lipinski definition) is 3. The lowest BCUT2D eigenvalue weighted by atomic mass is 10.1. The highest BCUT2D eigenvalue weighted by Crippen LogP contribution is 2.27. The number of nitrogens with zero attached hydrogens (tertiary/aromatic N) is 2. The molecule has 1 saturated heterocycles. The van der Waals surface area contributed by atoms with Crippen molar-refractivity contribution in [1.29, 1.82) is 0 Å². The molecule has 0 unspecified atom stereocenters. The number of hydrogen-bond donors (Lipinski definition) is 0. The van der Waals surface area contributed by atoms with Gasteiger partial charge in [-0.2, -0.15) is 0 Å². The van der Waals surface area contributed by atoms with Gasteiger partial charge in [-0.05, 0) is 31.2 Å². The quantitative estimate of drug-likeness (QED) is 0.785. The smallest absolute Gasteiger partial charge is 0.274 e. The minimum atomic E-state index is -0.411. The van der Waals surface area contributed by atoms with Crippen LogP contribution in [0.2, 0.25) is 0 Å². The van der Waals surface area contributed by atoms with Crippen LogP contribution >= 0.6 is 0 Å². The third-order valence-corrected chi connectivity index (χ3v) is 4.69. The number of carbonyl (C=O) groups excluding carboxylic acids is 3. The molecule has 5 nitrogen and oxygen atoms in total. The van der Waals surface area contributed by atoms with Gasteiger partial charge in [0.05, 0.1) is 0 Å². The average molecular weight is 314 g/mol. The van der Waals surface area contributed by atoms with Crippen LogP contribution in [0.5, 0.6) is 0 Å². The highest BCUT2D eigenvalue weighted by molar-refractivity contribution is 6.14. The van der Waals surface area contributed by atoms with Crippen molar-refractivity contribution >= 4 is 17.8 Å². The molecule has 1 aliphatic carbocycles. The molecule has 23 heavy (non-hydrogen) atoms. The van der Waals surface area contributed by atoms with Crippen LogP contribution in [0.15, 0.2) is 30.3 Å². The lowest BCUT2D eigenvalue weighted by Crippen LogP contribution is -2.58. The second-order valence-electron chi connectivity index (χ2n) is 6.30. The third kappa shape index (κ3) is 3.44. The van der Waals surface area contributed by atoms with Crippen LogP contribution in [-0.4, -0.2) is 40.2 Å². The Labute approximate surface area is 136 Å². The number of barbiturate groups is 1. The lowest BCUT2D eigenvalue weighted by Gasteiger charge is -2.36. The summed E-state index contributed by atoms with van der Waals surface area (Å²) in [5.41, 5.74) is 1.19. The Morgan fingerprint density at radius 3 is 2.35 bits per heavy atom. The monoisotopic (exact) mass is 314 g/mol. The minimum Gasteiger partial charge on any atom is -0.274 e. The predicted molar refractivity (Wildman–Crippen MR) is 85.6 cm³/mol. The summed E-state index contributed by atoms with van der Waals surface area (Å²) in [5, 5.41) is 0. The van der Waals surface area contributed by atoms with Crippen molar-refractivity contribution in [3.05, 3.63) is 35.9 Å². The van der Waals surface area contributed by atoms with Crippen molar-refractivity contribution in [2.24, 2.45) is 0 Å². The standard InChI is InChI=1S/C18H22N2O3/c21-16-13-17(22)20(15-10-4-5-11-15)18(23)19(16)12-6-9-14-7-2-1-3-8-14/h1-3,7-8,15H,4-6,9-13H2. The molecule has 0 spiro atoms. The predicted octanol–water partition coefficient (Wildman–Crippen LogP) is 2.74. The Kier molecular flexibility index (Phi) is 4.74. The third-order valence-electron chi connectivity index (χ3n) is 4.69. The first-order valence-corrected chi connectivity index (χ1v) is 8.37. The van der Waals surface area contributed by atoms with Crippen LogP contribution in [-0.2, 0) is 16.0 Å². The van der Waals surface area contributed by atoms with E-state index in [1.165, 1.54) is 15.4 Å². The summed E-state index contributed by atoms with van der Waals surface area (Å²) in [6.45, 7) is 0.378. The van der Waals surface area contributed by atoms with Gasteiger partial charge in [-0.1, -0.05) is 43.2 Å². The Hall–Kier alpha value is -2.17. The van der Waals surface area contributed by atoms with E-state index in [-0.39, 0.29) is 24.3 Å². The van der Waals surface area contributed by atoms with E-state index in [0.717, 1.165) is 32.1 Å². The van der Waals surface area contributed by atoms with Gasteiger partial charge in [-0.15, -0.1) is 0 Å². The summed E-state index contributed by atoms with van der Waals surface area (Å²) in [5.74, 6) is -0.687. The van der Waals surface area contributed by atoms with E-state index in [1.54, 1.807) is 0 Å². The van der Waals surface area contributed by atoms with E-state index < -0.39 is 6.03 Å². The van der Waals surface area contributed by atoms with Crippen LogP contribution in [0.1, 0.15) is 44.1 Å². The molecule has 3 rings (SSSR count). The topological polar surface area (TPSA) is 57.7 Å². The van der Waals surface area contributed by atoms with Crippen molar-refractivity contribution in [2.75, 3.05) is 6.54 Å². The first-order chi connectivity index (χ1) is 11.2. The molecule has 2 fully saturated rings. The number of amides is 4. The van der Waals surface area contributed by atoms with Crippen molar-refractivity contribution in [2.45, 2.75) is 51.0 Å². The van der Waals surface area contributed by atoms with Crippen LogP contribution in [0, 0.1) is 0 Å². The molecule has 0 bridgehead atoms. The molecule has 1 aromatic rings. The molecule has 0 radical (unpaired) electrons.